The molecule has 19 heavy (non-hydrogen) atoms. The summed E-state index contributed by atoms with van der Waals surface area (Å²) < 4.78 is 0. The minimum atomic E-state index is -0.912. The maximum Gasteiger partial charge on any atom is 0.318 e. The molecule has 1 aliphatic carbocycles. The molecule has 3 N–H and O–H groups in total. The first-order valence-corrected chi connectivity index (χ1v) is 6.10. The number of urea groups is 1. The van der Waals surface area contributed by atoms with E-state index in [1.54, 1.807) is 11.8 Å². The molecule has 0 aliphatic heterocycles. The lowest BCUT2D eigenvalue weighted by atomic mass is 10.3. The highest BCUT2D eigenvalue weighted by molar-refractivity contribution is 5.76. The zero-order valence-corrected chi connectivity index (χ0v) is 10.5. The highest BCUT2D eigenvalue weighted by Crippen LogP contribution is 2.27. The lowest BCUT2D eigenvalue weighted by Gasteiger charge is -2.23. The molecule has 0 aromatic carbocycles. The predicted octanol–water partition coefficient (Wildman–Crippen LogP) is -0.0906. The van der Waals surface area contributed by atoms with Gasteiger partial charge < -0.3 is 15.3 Å². The number of H-pyrrole nitrogens is 1. The van der Waals surface area contributed by atoms with Gasteiger partial charge in [0.15, 0.2) is 5.82 Å². The second-order valence-corrected chi connectivity index (χ2v) is 4.51. The van der Waals surface area contributed by atoms with Crippen LogP contribution in [0.3, 0.4) is 0 Å². The van der Waals surface area contributed by atoms with E-state index in [0.29, 0.717) is 5.82 Å². The van der Waals surface area contributed by atoms with Crippen LogP contribution in [-0.2, 0) is 4.79 Å². The summed E-state index contributed by atoms with van der Waals surface area (Å²) in [6.07, 6.45) is 1.79. The summed E-state index contributed by atoms with van der Waals surface area (Å²) in [4.78, 5) is 24.2. The van der Waals surface area contributed by atoms with Crippen molar-refractivity contribution < 1.29 is 14.7 Å². The topological polar surface area (TPSA) is 124 Å². The monoisotopic (exact) mass is 268 g/mol. The van der Waals surface area contributed by atoms with Crippen LogP contribution >= 0.6 is 0 Å². The van der Waals surface area contributed by atoms with Gasteiger partial charge in [-0.15, -0.1) is 10.2 Å². The van der Waals surface area contributed by atoms with E-state index < -0.39 is 5.97 Å². The van der Waals surface area contributed by atoms with Crippen LogP contribution < -0.4 is 5.32 Å². The third-order valence-electron chi connectivity index (χ3n) is 2.90. The van der Waals surface area contributed by atoms with Gasteiger partial charge >= 0.3 is 12.0 Å². The molecule has 9 nitrogen and oxygen atoms in total. The zero-order valence-electron chi connectivity index (χ0n) is 10.5. The fraction of sp³-hybridized carbons (Fsp3) is 0.700. The van der Waals surface area contributed by atoms with E-state index >= 15 is 0 Å². The lowest BCUT2D eigenvalue weighted by molar-refractivity contribution is -0.137. The molecule has 2 amide bonds. The van der Waals surface area contributed by atoms with Crippen LogP contribution in [0.4, 0.5) is 4.79 Å². The van der Waals surface area contributed by atoms with E-state index in [4.69, 9.17) is 5.11 Å². The normalized spacial score (nSPS) is 15.8. The third-order valence-corrected chi connectivity index (χ3v) is 2.90. The second-order valence-electron chi connectivity index (χ2n) is 4.51. The van der Waals surface area contributed by atoms with Crippen molar-refractivity contribution in [3.05, 3.63) is 5.82 Å². The van der Waals surface area contributed by atoms with Crippen molar-refractivity contribution in [3.8, 4) is 0 Å². The Hall–Kier alpha value is -2.19. The number of rotatable bonds is 6. The molecule has 1 aromatic rings. The first-order chi connectivity index (χ1) is 9.08. The van der Waals surface area contributed by atoms with Crippen LogP contribution in [-0.4, -0.2) is 55.2 Å². The summed E-state index contributed by atoms with van der Waals surface area (Å²) in [6.45, 7) is 1.95. The number of amides is 2. The summed E-state index contributed by atoms with van der Waals surface area (Å²) in [5, 5.41) is 24.7. The Morgan fingerprint density at radius 1 is 1.58 bits per heavy atom. The Bertz CT molecular complexity index is 444. The highest BCUT2D eigenvalue weighted by atomic mass is 16.4. The Kier molecular flexibility index (Phi) is 3.93. The average molecular weight is 268 g/mol. The van der Waals surface area contributed by atoms with Crippen LogP contribution in [0.25, 0.3) is 0 Å². The zero-order chi connectivity index (χ0) is 13.8. The molecule has 104 valence electrons. The number of nitrogens with one attached hydrogen (secondary N) is 2. The van der Waals surface area contributed by atoms with E-state index in [0.717, 1.165) is 12.8 Å². The van der Waals surface area contributed by atoms with Gasteiger partial charge in [0.2, 0.25) is 0 Å². The molecular weight excluding hydrogens is 252 g/mol. The number of aliphatic carboxylic acids is 1. The van der Waals surface area contributed by atoms with Crippen LogP contribution in [0, 0.1) is 0 Å². The number of tetrazole rings is 1. The number of carboxylic acid groups (broad SMARTS) is 1. The molecule has 1 heterocycles. The molecule has 2 rings (SSSR count). The number of aromatic amines is 1. The Balaban J connectivity index is 1.90. The SMILES string of the molecule is CC(NC(=O)N(CCC(=O)O)C1CC1)c1nn[nH]n1. The molecule has 9 heteroatoms. The van der Waals surface area contributed by atoms with Crippen molar-refractivity contribution in [1.82, 2.24) is 30.8 Å². The molecule has 1 unspecified atom stereocenters. The van der Waals surface area contributed by atoms with E-state index in [1.165, 1.54) is 0 Å². The number of hydrogen-bond donors (Lipinski definition) is 3. The van der Waals surface area contributed by atoms with Crippen LogP contribution in [0.2, 0.25) is 0 Å². The van der Waals surface area contributed by atoms with Gasteiger partial charge in [0, 0.05) is 12.6 Å². The van der Waals surface area contributed by atoms with Crippen molar-refractivity contribution >= 4 is 12.0 Å². The van der Waals surface area contributed by atoms with Crippen molar-refractivity contribution in [2.75, 3.05) is 6.54 Å². The predicted molar refractivity (Wildman–Crippen MR) is 63.1 cm³/mol. The Morgan fingerprint density at radius 3 is 2.84 bits per heavy atom. The summed E-state index contributed by atoms with van der Waals surface area (Å²) in [5.74, 6) is -0.521. The number of carboxylic acids is 1. The molecule has 1 aromatic heterocycles. The molecular formula is C10H16N6O3. The quantitative estimate of drug-likeness (QED) is 0.662. The molecule has 1 aliphatic rings. The third kappa shape index (κ3) is 3.63. The van der Waals surface area contributed by atoms with Crippen LogP contribution in [0.1, 0.15) is 38.1 Å². The van der Waals surface area contributed by atoms with Crippen LogP contribution in [0.5, 0.6) is 0 Å². The number of nitrogens with zero attached hydrogens (tertiary/aromatic N) is 4. The number of hydrogen-bond acceptors (Lipinski definition) is 5. The number of aromatic nitrogens is 4. The number of carbonyl (C=O) groups excluding carboxylic acids is 1. The van der Waals surface area contributed by atoms with E-state index in [9.17, 15) is 9.59 Å². The van der Waals surface area contributed by atoms with E-state index in [1.807, 2.05) is 0 Å². The largest absolute Gasteiger partial charge is 0.481 e. The van der Waals surface area contributed by atoms with Gasteiger partial charge in [-0.1, -0.05) is 5.21 Å². The molecule has 0 radical (unpaired) electrons. The minimum absolute atomic E-state index is 0.0550. The smallest absolute Gasteiger partial charge is 0.318 e. The van der Waals surface area contributed by atoms with Crippen molar-refractivity contribution in [2.24, 2.45) is 0 Å². The van der Waals surface area contributed by atoms with E-state index in [2.05, 4.69) is 25.9 Å². The summed E-state index contributed by atoms with van der Waals surface area (Å²) in [5.41, 5.74) is 0. The van der Waals surface area contributed by atoms with Crippen molar-refractivity contribution in [1.29, 1.82) is 0 Å². The first kappa shape index (κ1) is 13.2. The lowest BCUT2D eigenvalue weighted by Crippen LogP contribution is -2.43. The maximum atomic E-state index is 12.1. The molecule has 0 spiro atoms. The highest BCUT2D eigenvalue weighted by Gasteiger charge is 2.33. The summed E-state index contributed by atoms with van der Waals surface area (Å²) in [6, 6.07) is -0.518. The van der Waals surface area contributed by atoms with Gasteiger partial charge in [0.05, 0.1) is 12.5 Å². The van der Waals surface area contributed by atoms with Gasteiger partial charge in [-0.05, 0) is 19.8 Å². The van der Waals surface area contributed by atoms with Crippen molar-refractivity contribution in [3.63, 3.8) is 0 Å². The fourth-order valence-electron chi connectivity index (χ4n) is 1.74. The van der Waals surface area contributed by atoms with Crippen LogP contribution in [0.15, 0.2) is 0 Å². The van der Waals surface area contributed by atoms with Crippen molar-refractivity contribution in [2.45, 2.75) is 38.3 Å². The second kappa shape index (κ2) is 5.63. The number of carbonyl (C=O) groups is 2. The Morgan fingerprint density at radius 2 is 2.32 bits per heavy atom. The molecule has 0 saturated heterocycles. The first-order valence-electron chi connectivity index (χ1n) is 6.10. The molecule has 1 fully saturated rings. The summed E-state index contributed by atoms with van der Waals surface area (Å²) >= 11 is 0. The minimum Gasteiger partial charge on any atom is -0.481 e. The van der Waals surface area contributed by atoms with E-state index in [-0.39, 0.29) is 31.1 Å². The van der Waals surface area contributed by atoms with Gasteiger partial charge in [-0.2, -0.15) is 5.21 Å². The standard InChI is InChI=1S/C10H16N6O3/c1-6(9-12-14-15-13-9)11-10(19)16(7-2-3-7)5-4-8(17)18/h6-7H,2-5H2,1H3,(H,11,19)(H,17,18)(H,12,13,14,15). The summed E-state index contributed by atoms with van der Waals surface area (Å²) in [7, 11) is 0. The average Bonchev–Trinajstić information content (AvgIpc) is 3.03. The molecule has 1 saturated carbocycles. The van der Waals surface area contributed by atoms with Gasteiger partial charge in [-0.3, -0.25) is 4.79 Å². The Labute approximate surface area is 109 Å². The molecule has 1 atom stereocenters. The maximum absolute atomic E-state index is 12.1. The van der Waals surface area contributed by atoms with Gasteiger partial charge in [0.1, 0.15) is 0 Å². The fourth-order valence-corrected chi connectivity index (χ4v) is 1.74. The van der Waals surface area contributed by atoms with Gasteiger partial charge in [-0.25, -0.2) is 4.79 Å². The van der Waals surface area contributed by atoms with Gasteiger partial charge in [0.25, 0.3) is 0 Å². The molecule has 0 bridgehead atoms.